The summed E-state index contributed by atoms with van der Waals surface area (Å²) in [7, 11) is 0. The SMILES string of the molecule is OCCN1CCN(c2ccc(F)cc2CO)CC1. The van der Waals surface area contributed by atoms with Gasteiger partial charge in [0.1, 0.15) is 5.82 Å². The fraction of sp³-hybridized carbons (Fsp3) is 0.538. The van der Waals surface area contributed by atoms with E-state index in [1.165, 1.54) is 12.1 Å². The van der Waals surface area contributed by atoms with E-state index in [2.05, 4.69) is 9.80 Å². The van der Waals surface area contributed by atoms with Crippen molar-refractivity contribution in [1.82, 2.24) is 4.90 Å². The van der Waals surface area contributed by atoms with Crippen molar-refractivity contribution in [2.45, 2.75) is 6.61 Å². The van der Waals surface area contributed by atoms with E-state index in [0.717, 1.165) is 31.9 Å². The number of hydrogen-bond donors (Lipinski definition) is 2. The van der Waals surface area contributed by atoms with Crippen molar-refractivity contribution < 1.29 is 14.6 Å². The van der Waals surface area contributed by atoms with E-state index in [4.69, 9.17) is 5.11 Å². The molecule has 5 heteroatoms. The van der Waals surface area contributed by atoms with Crippen LogP contribution in [-0.2, 0) is 6.61 Å². The van der Waals surface area contributed by atoms with Crippen LogP contribution in [0.25, 0.3) is 0 Å². The molecule has 0 unspecified atom stereocenters. The zero-order valence-corrected chi connectivity index (χ0v) is 10.3. The second-order valence-electron chi connectivity index (χ2n) is 4.48. The summed E-state index contributed by atoms with van der Waals surface area (Å²) in [5, 5.41) is 18.2. The summed E-state index contributed by atoms with van der Waals surface area (Å²) >= 11 is 0. The number of anilines is 1. The van der Waals surface area contributed by atoms with E-state index in [-0.39, 0.29) is 19.0 Å². The number of piperazine rings is 1. The van der Waals surface area contributed by atoms with Gasteiger partial charge >= 0.3 is 0 Å². The number of hydrogen-bond acceptors (Lipinski definition) is 4. The van der Waals surface area contributed by atoms with Crippen LogP contribution < -0.4 is 4.90 Å². The summed E-state index contributed by atoms with van der Waals surface area (Å²) in [5.41, 5.74) is 1.54. The van der Waals surface area contributed by atoms with Gasteiger partial charge in [0.25, 0.3) is 0 Å². The molecule has 1 aliphatic rings. The minimum Gasteiger partial charge on any atom is -0.395 e. The molecular formula is C13H19FN2O2. The molecule has 0 saturated carbocycles. The number of rotatable bonds is 4. The Morgan fingerprint density at radius 1 is 1.11 bits per heavy atom. The molecule has 18 heavy (non-hydrogen) atoms. The summed E-state index contributed by atoms with van der Waals surface area (Å²) in [5.74, 6) is -0.318. The van der Waals surface area contributed by atoms with Crippen LogP contribution in [0.5, 0.6) is 0 Å². The first-order chi connectivity index (χ1) is 8.74. The molecule has 1 heterocycles. The van der Waals surface area contributed by atoms with E-state index in [0.29, 0.717) is 12.1 Å². The van der Waals surface area contributed by atoms with Crippen molar-refractivity contribution in [2.24, 2.45) is 0 Å². The highest BCUT2D eigenvalue weighted by molar-refractivity contribution is 5.54. The van der Waals surface area contributed by atoms with Crippen LogP contribution >= 0.6 is 0 Å². The van der Waals surface area contributed by atoms with Gasteiger partial charge in [-0.3, -0.25) is 4.90 Å². The highest BCUT2D eigenvalue weighted by atomic mass is 19.1. The molecule has 0 radical (unpaired) electrons. The number of aliphatic hydroxyl groups excluding tert-OH is 2. The lowest BCUT2D eigenvalue weighted by molar-refractivity contribution is 0.188. The van der Waals surface area contributed by atoms with Crippen LogP contribution in [0, 0.1) is 5.82 Å². The molecule has 2 rings (SSSR count). The number of aliphatic hydroxyl groups is 2. The smallest absolute Gasteiger partial charge is 0.123 e. The van der Waals surface area contributed by atoms with Crippen molar-refractivity contribution in [3.63, 3.8) is 0 Å². The van der Waals surface area contributed by atoms with Gasteiger partial charge in [-0.15, -0.1) is 0 Å². The van der Waals surface area contributed by atoms with E-state index in [9.17, 15) is 9.50 Å². The van der Waals surface area contributed by atoms with E-state index < -0.39 is 0 Å². The van der Waals surface area contributed by atoms with Gasteiger partial charge in [-0.25, -0.2) is 4.39 Å². The summed E-state index contributed by atoms with van der Waals surface area (Å²) in [6.45, 7) is 4.15. The van der Waals surface area contributed by atoms with Gasteiger partial charge < -0.3 is 15.1 Å². The average Bonchev–Trinajstić information content (AvgIpc) is 2.40. The zero-order chi connectivity index (χ0) is 13.0. The van der Waals surface area contributed by atoms with Crippen LogP contribution in [0.15, 0.2) is 18.2 Å². The summed E-state index contributed by atoms with van der Waals surface area (Å²) < 4.78 is 13.1. The normalized spacial score (nSPS) is 17.2. The van der Waals surface area contributed by atoms with Crippen LogP contribution in [0.2, 0.25) is 0 Å². The Balaban J connectivity index is 2.05. The van der Waals surface area contributed by atoms with Crippen LogP contribution in [0.1, 0.15) is 5.56 Å². The summed E-state index contributed by atoms with van der Waals surface area (Å²) in [6.07, 6.45) is 0. The molecule has 0 spiro atoms. The zero-order valence-electron chi connectivity index (χ0n) is 10.3. The molecule has 0 aromatic heterocycles. The Bertz CT molecular complexity index is 393. The monoisotopic (exact) mass is 254 g/mol. The van der Waals surface area contributed by atoms with Crippen LogP contribution in [-0.4, -0.2) is 54.4 Å². The molecule has 0 amide bonds. The molecule has 0 atom stereocenters. The Labute approximate surface area is 106 Å². The van der Waals surface area contributed by atoms with Gasteiger partial charge in [-0.2, -0.15) is 0 Å². The Kier molecular flexibility index (Phi) is 4.52. The lowest BCUT2D eigenvalue weighted by Crippen LogP contribution is -2.47. The largest absolute Gasteiger partial charge is 0.395 e. The van der Waals surface area contributed by atoms with Crippen molar-refractivity contribution >= 4 is 5.69 Å². The maximum Gasteiger partial charge on any atom is 0.123 e. The number of β-amino-alcohol motifs (C(OH)–C–C–N with tert-alkyl or cyclic N) is 1. The van der Waals surface area contributed by atoms with Gasteiger partial charge in [-0.05, 0) is 18.2 Å². The molecule has 1 aromatic rings. The Morgan fingerprint density at radius 2 is 1.83 bits per heavy atom. The maximum atomic E-state index is 13.1. The van der Waals surface area contributed by atoms with Crippen molar-refractivity contribution in [3.05, 3.63) is 29.6 Å². The van der Waals surface area contributed by atoms with Gasteiger partial charge in [0, 0.05) is 44.0 Å². The summed E-state index contributed by atoms with van der Waals surface area (Å²) in [4.78, 5) is 4.34. The van der Waals surface area contributed by atoms with Crippen molar-refractivity contribution in [2.75, 3.05) is 44.2 Å². The minimum absolute atomic E-state index is 0.149. The predicted molar refractivity (Wildman–Crippen MR) is 68.1 cm³/mol. The quantitative estimate of drug-likeness (QED) is 0.818. The maximum absolute atomic E-state index is 13.1. The summed E-state index contributed by atoms with van der Waals surface area (Å²) in [6, 6.07) is 4.53. The molecule has 1 fully saturated rings. The minimum atomic E-state index is -0.318. The van der Waals surface area contributed by atoms with Crippen molar-refractivity contribution in [3.8, 4) is 0 Å². The molecule has 1 saturated heterocycles. The van der Waals surface area contributed by atoms with E-state index in [1.807, 2.05) is 0 Å². The molecule has 1 aromatic carbocycles. The molecule has 1 aliphatic heterocycles. The predicted octanol–water partition coefficient (Wildman–Crippen LogP) is 0.432. The first kappa shape index (κ1) is 13.3. The number of halogens is 1. The van der Waals surface area contributed by atoms with Gasteiger partial charge in [0.2, 0.25) is 0 Å². The lowest BCUT2D eigenvalue weighted by atomic mass is 10.1. The molecule has 100 valence electrons. The fourth-order valence-corrected chi connectivity index (χ4v) is 2.34. The van der Waals surface area contributed by atoms with Gasteiger partial charge in [0.15, 0.2) is 0 Å². The molecule has 0 aliphatic carbocycles. The second kappa shape index (κ2) is 6.13. The number of benzene rings is 1. The van der Waals surface area contributed by atoms with E-state index in [1.54, 1.807) is 6.07 Å². The topological polar surface area (TPSA) is 46.9 Å². The third kappa shape index (κ3) is 2.98. The third-order valence-corrected chi connectivity index (χ3v) is 3.34. The van der Waals surface area contributed by atoms with Crippen LogP contribution in [0.3, 0.4) is 0 Å². The Morgan fingerprint density at radius 3 is 2.44 bits per heavy atom. The van der Waals surface area contributed by atoms with Crippen LogP contribution in [0.4, 0.5) is 10.1 Å². The fourth-order valence-electron chi connectivity index (χ4n) is 2.34. The molecular weight excluding hydrogens is 235 g/mol. The van der Waals surface area contributed by atoms with E-state index >= 15 is 0 Å². The molecule has 2 N–H and O–H groups in total. The molecule has 0 bridgehead atoms. The van der Waals surface area contributed by atoms with Crippen molar-refractivity contribution in [1.29, 1.82) is 0 Å². The second-order valence-corrected chi connectivity index (χ2v) is 4.48. The lowest BCUT2D eigenvalue weighted by Gasteiger charge is -2.36. The Hall–Kier alpha value is -1.17. The van der Waals surface area contributed by atoms with Gasteiger partial charge in [-0.1, -0.05) is 0 Å². The van der Waals surface area contributed by atoms with Gasteiger partial charge in [0.05, 0.1) is 13.2 Å². The first-order valence-corrected chi connectivity index (χ1v) is 6.22. The molecule has 4 nitrogen and oxygen atoms in total. The first-order valence-electron chi connectivity index (χ1n) is 6.22. The highest BCUT2D eigenvalue weighted by Crippen LogP contribution is 2.23. The average molecular weight is 254 g/mol. The standard InChI is InChI=1S/C13H19FN2O2/c14-12-1-2-13(11(9-12)10-18)16-5-3-15(4-6-16)7-8-17/h1-2,9,17-18H,3-8,10H2. The highest BCUT2D eigenvalue weighted by Gasteiger charge is 2.18. The third-order valence-electron chi connectivity index (χ3n) is 3.34. The number of nitrogens with zero attached hydrogens (tertiary/aromatic N) is 2.